The van der Waals surface area contributed by atoms with Crippen molar-refractivity contribution in [2.24, 2.45) is 0 Å². The highest BCUT2D eigenvalue weighted by molar-refractivity contribution is 7.92. The first-order valence-electron chi connectivity index (χ1n) is 9.87. The number of hydrogen-bond acceptors (Lipinski definition) is 3. The highest BCUT2D eigenvalue weighted by Gasteiger charge is 2.29. The average Bonchev–Trinajstić information content (AvgIpc) is 2.72. The molecule has 164 valence electrons. The van der Waals surface area contributed by atoms with Crippen molar-refractivity contribution in [1.82, 2.24) is 5.32 Å². The van der Waals surface area contributed by atoms with Crippen LogP contribution in [-0.4, -0.2) is 33.2 Å². The lowest BCUT2D eigenvalue weighted by Crippen LogP contribution is -2.48. The Kier molecular flexibility index (Phi) is 6.90. The lowest BCUT2D eigenvalue weighted by atomic mass is 10.0. The van der Waals surface area contributed by atoms with Crippen LogP contribution in [0.1, 0.15) is 18.9 Å². The van der Waals surface area contributed by atoms with Gasteiger partial charge in [-0.25, -0.2) is 17.2 Å². The molecule has 0 fully saturated rings. The van der Waals surface area contributed by atoms with E-state index in [4.69, 9.17) is 0 Å². The number of hydrogen-bond donors (Lipinski definition) is 1. The smallest absolute Gasteiger partial charge is 0.243 e. The van der Waals surface area contributed by atoms with Gasteiger partial charge in [0.2, 0.25) is 15.9 Å². The molecule has 0 radical (unpaired) electrons. The van der Waals surface area contributed by atoms with E-state index >= 15 is 0 Å². The minimum Gasteiger partial charge on any atom is -0.354 e. The second-order valence-electron chi connectivity index (χ2n) is 7.37. The van der Waals surface area contributed by atoms with Crippen LogP contribution in [0.3, 0.4) is 0 Å². The Balaban J connectivity index is 1.65. The van der Waals surface area contributed by atoms with Gasteiger partial charge in [0.05, 0.1) is 11.9 Å². The van der Waals surface area contributed by atoms with Crippen LogP contribution in [0.25, 0.3) is 10.8 Å². The van der Waals surface area contributed by atoms with Gasteiger partial charge in [0.1, 0.15) is 6.04 Å². The number of halogens is 2. The first-order chi connectivity index (χ1) is 14.7. The molecule has 3 aromatic rings. The molecule has 1 atom stereocenters. The lowest BCUT2D eigenvalue weighted by Gasteiger charge is -2.28. The number of rotatable bonds is 8. The molecule has 0 saturated heterocycles. The number of carbonyl (C=O) groups is 1. The van der Waals surface area contributed by atoms with Crippen LogP contribution < -0.4 is 9.62 Å². The van der Waals surface area contributed by atoms with Crippen molar-refractivity contribution in [2.75, 3.05) is 17.1 Å². The fourth-order valence-electron chi connectivity index (χ4n) is 3.58. The molecule has 0 heterocycles. The zero-order valence-electron chi connectivity index (χ0n) is 17.3. The van der Waals surface area contributed by atoms with Gasteiger partial charge in [-0.2, -0.15) is 0 Å². The number of nitrogens with zero attached hydrogens (tertiary/aromatic N) is 1. The van der Waals surface area contributed by atoms with Gasteiger partial charge in [0.15, 0.2) is 11.6 Å². The van der Waals surface area contributed by atoms with Crippen LogP contribution in [0, 0.1) is 11.6 Å². The molecule has 0 aromatic heterocycles. The Morgan fingerprint density at radius 2 is 1.74 bits per heavy atom. The van der Waals surface area contributed by atoms with Gasteiger partial charge in [-0.15, -0.1) is 0 Å². The van der Waals surface area contributed by atoms with E-state index in [1.54, 1.807) is 0 Å². The van der Waals surface area contributed by atoms with E-state index < -0.39 is 33.6 Å². The fraction of sp³-hybridized carbons (Fsp3) is 0.261. The van der Waals surface area contributed by atoms with E-state index in [9.17, 15) is 22.0 Å². The van der Waals surface area contributed by atoms with Gasteiger partial charge >= 0.3 is 0 Å². The van der Waals surface area contributed by atoms with Crippen LogP contribution in [0.5, 0.6) is 0 Å². The molecule has 3 aromatic carbocycles. The summed E-state index contributed by atoms with van der Waals surface area (Å²) in [6.45, 7) is 1.75. The molecule has 3 rings (SSSR count). The summed E-state index contributed by atoms with van der Waals surface area (Å²) < 4.78 is 52.1. The van der Waals surface area contributed by atoms with E-state index in [1.807, 2.05) is 36.4 Å². The molecule has 0 saturated carbocycles. The minimum absolute atomic E-state index is 0.111. The molecule has 0 aliphatic rings. The maximum Gasteiger partial charge on any atom is 0.243 e. The summed E-state index contributed by atoms with van der Waals surface area (Å²) in [5, 5.41) is 5.04. The number of benzene rings is 3. The summed E-state index contributed by atoms with van der Waals surface area (Å²) in [6, 6.07) is 15.7. The fourth-order valence-corrected chi connectivity index (χ4v) is 4.75. The quantitative estimate of drug-likeness (QED) is 0.532. The van der Waals surface area contributed by atoms with Gasteiger partial charge < -0.3 is 5.32 Å². The molecule has 0 bridgehead atoms. The van der Waals surface area contributed by atoms with Gasteiger partial charge in [0.25, 0.3) is 0 Å². The molecule has 1 amide bonds. The highest BCUT2D eigenvalue weighted by atomic mass is 32.2. The predicted octanol–water partition coefficient (Wildman–Crippen LogP) is 4.02. The van der Waals surface area contributed by atoms with Crippen molar-refractivity contribution >= 4 is 32.4 Å². The third kappa shape index (κ3) is 5.38. The van der Waals surface area contributed by atoms with Crippen molar-refractivity contribution in [3.05, 3.63) is 77.9 Å². The van der Waals surface area contributed by atoms with Crippen LogP contribution in [-0.2, 0) is 21.2 Å². The van der Waals surface area contributed by atoms with Crippen molar-refractivity contribution in [3.63, 3.8) is 0 Å². The SMILES string of the molecule is C[C@@H](C(=O)NCCCc1cccc2ccccc12)N(c1ccc(F)c(F)c1)S(C)(=O)=O. The Labute approximate surface area is 180 Å². The zero-order valence-corrected chi connectivity index (χ0v) is 18.1. The topological polar surface area (TPSA) is 66.5 Å². The number of nitrogens with one attached hydrogen (secondary N) is 1. The largest absolute Gasteiger partial charge is 0.354 e. The third-order valence-electron chi connectivity index (χ3n) is 5.05. The number of fused-ring (bicyclic) bond motifs is 1. The van der Waals surface area contributed by atoms with Crippen LogP contribution in [0.2, 0.25) is 0 Å². The maximum atomic E-state index is 13.6. The first-order valence-corrected chi connectivity index (χ1v) is 11.7. The summed E-state index contributed by atoms with van der Waals surface area (Å²) in [7, 11) is -3.91. The molecular weight excluding hydrogens is 422 g/mol. The molecule has 5 nitrogen and oxygen atoms in total. The monoisotopic (exact) mass is 446 g/mol. The van der Waals surface area contributed by atoms with Crippen LogP contribution >= 0.6 is 0 Å². The van der Waals surface area contributed by atoms with Crippen molar-refractivity contribution in [1.29, 1.82) is 0 Å². The molecule has 0 aliphatic carbocycles. The van der Waals surface area contributed by atoms with Crippen LogP contribution in [0.15, 0.2) is 60.7 Å². The summed E-state index contributed by atoms with van der Waals surface area (Å²) >= 11 is 0. The summed E-state index contributed by atoms with van der Waals surface area (Å²) in [6.07, 6.45) is 2.32. The molecule has 0 aliphatic heterocycles. The van der Waals surface area contributed by atoms with E-state index in [0.29, 0.717) is 13.0 Å². The summed E-state index contributed by atoms with van der Waals surface area (Å²) in [5.74, 6) is -2.80. The molecular formula is C23H24F2N2O3S. The van der Waals surface area contributed by atoms with E-state index in [0.717, 1.165) is 46.0 Å². The maximum absolute atomic E-state index is 13.6. The number of sulfonamides is 1. The number of amides is 1. The number of carbonyl (C=O) groups excluding carboxylic acids is 1. The second kappa shape index (κ2) is 9.43. The third-order valence-corrected chi connectivity index (χ3v) is 6.29. The molecule has 1 N–H and O–H groups in total. The first kappa shape index (κ1) is 22.7. The van der Waals surface area contributed by atoms with Gasteiger partial charge in [-0.3, -0.25) is 9.10 Å². The Morgan fingerprint density at radius 1 is 1.03 bits per heavy atom. The van der Waals surface area contributed by atoms with Crippen molar-refractivity contribution in [2.45, 2.75) is 25.8 Å². The van der Waals surface area contributed by atoms with E-state index in [1.165, 1.54) is 12.5 Å². The number of aryl methyl sites for hydroxylation is 1. The Hall–Kier alpha value is -3.00. The zero-order chi connectivity index (χ0) is 22.6. The van der Waals surface area contributed by atoms with Crippen LogP contribution in [0.4, 0.5) is 14.5 Å². The van der Waals surface area contributed by atoms with Crippen molar-refractivity contribution in [3.8, 4) is 0 Å². The van der Waals surface area contributed by atoms with Crippen molar-refractivity contribution < 1.29 is 22.0 Å². The van der Waals surface area contributed by atoms with E-state index in [2.05, 4.69) is 11.4 Å². The highest BCUT2D eigenvalue weighted by Crippen LogP contribution is 2.23. The molecule has 31 heavy (non-hydrogen) atoms. The van der Waals surface area contributed by atoms with Gasteiger partial charge in [0, 0.05) is 12.6 Å². The van der Waals surface area contributed by atoms with Gasteiger partial charge in [-0.05, 0) is 48.2 Å². The summed E-state index contributed by atoms with van der Waals surface area (Å²) in [5.41, 5.74) is 1.06. The normalized spacial score (nSPS) is 12.5. The molecule has 0 unspecified atom stereocenters. The second-order valence-corrected chi connectivity index (χ2v) is 9.23. The Morgan fingerprint density at radius 3 is 2.45 bits per heavy atom. The average molecular weight is 447 g/mol. The summed E-state index contributed by atoms with van der Waals surface area (Å²) in [4.78, 5) is 12.6. The van der Waals surface area contributed by atoms with E-state index in [-0.39, 0.29) is 5.69 Å². The molecule has 8 heteroatoms. The lowest BCUT2D eigenvalue weighted by molar-refractivity contribution is -0.121. The Bertz CT molecular complexity index is 1190. The molecule has 0 spiro atoms. The van der Waals surface area contributed by atoms with Gasteiger partial charge in [-0.1, -0.05) is 42.5 Å². The number of anilines is 1. The standard InChI is InChI=1S/C23H24F2N2O3S/c1-16(27(31(2,29)30)19-12-13-21(24)22(25)15-19)23(28)26-14-6-10-18-9-5-8-17-7-3-4-11-20(17)18/h3-5,7-9,11-13,15-16H,6,10,14H2,1-2H3,(H,26,28)/t16-/m0/s1. The predicted molar refractivity (Wildman–Crippen MR) is 118 cm³/mol. The minimum atomic E-state index is -3.91.